The number of unbranched alkanes of at least 4 members (excludes halogenated alkanes) is 1. The summed E-state index contributed by atoms with van der Waals surface area (Å²) < 4.78 is 12.8. The summed E-state index contributed by atoms with van der Waals surface area (Å²) in [5.74, 6) is 0.627. The predicted octanol–water partition coefficient (Wildman–Crippen LogP) is 4.30. The van der Waals surface area contributed by atoms with Crippen LogP contribution in [0.25, 0.3) is 0 Å². The van der Waals surface area contributed by atoms with Crippen molar-refractivity contribution in [3.8, 4) is 0 Å². The van der Waals surface area contributed by atoms with Gasteiger partial charge in [-0.05, 0) is 43.5 Å². The lowest BCUT2D eigenvalue weighted by atomic mass is 10.1. The Hall–Kier alpha value is -0.890. The molecule has 0 aliphatic carbocycles. The van der Waals surface area contributed by atoms with Gasteiger partial charge >= 0.3 is 0 Å². The zero-order valence-electron chi connectivity index (χ0n) is 11.2. The summed E-state index contributed by atoms with van der Waals surface area (Å²) in [6, 6.07) is 7.04. The van der Waals surface area contributed by atoms with Crippen LogP contribution in [-0.4, -0.2) is 6.54 Å². The van der Waals surface area contributed by atoms with Crippen molar-refractivity contribution in [2.24, 2.45) is 5.92 Å². The fourth-order valence-corrected chi connectivity index (χ4v) is 1.87. The van der Waals surface area contributed by atoms with Crippen LogP contribution in [0.3, 0.4) is 0 Å². The van der Waals surface area contributed by atoms with E-state index in [-0.39, 0.29) is 5.82 Å². The summed E-state index contributed by atoms with van der Waals surface area (Å²) in [5, 5.41) is 3.47. The zero-order chi connectivity index (χ0) is 12.7. The number of halogens is 1. The number of benzene rings is 1. The van der Waals surface area contributed by atoms with Crippen molar-refractivity contribution in [2.45, 2.75) is 46.1 Å². The average molecular weight is 237 g/mol. The minimum Gasteiger partial charge on any atom is -0.310 e. The molecule has 0 saturated heterocycles. The summed E-state index contributed by atoms with van der Waals surface area (Å²) >= 11 is 0. The lowest BCUT2D eigenvalue weighted by molar-refractivity contribution is 0.497. The standard InChI is InChI=1S/C15H24FN/c1-12(2)6-4-5-11-17-13(3)14-7-9-15(16)10-8-14/h7-10,12-13,17H,4-6,11H2,1-3H3. The molecule has 0 spiro atoms. The van der Waals surface area contributed by atoms with Crippen LogP contribution in [0.4, 0.5) is 4.39 Å². The molecule has 1 nitrogen and oxygen atoms in total. The van der Waals surface area contributed by atoms with E-state index in [1.165, 1.54) is 31.4 Å². The maximum absolute atomic E-state index is 12.8. The van der Waals surface area contributed by atoms with Crippen molar-refractivity contribution in [3.63, 3.8) is 0 Å². The third-order valence-electron chi connectivity index (χ3n) is 3.03. The molecule has 0 radical (unpaired) electrons. The Balaban J connectivity index is 2.21. The topological polar surface area (TPSA) is 12.0 Å². The third-order valence-corrected chi connectivity index (χ3v) is 3.03. The molecule has 1 aromatic rings. The minimum atomic E-state index is -0.169. The Labute approximate surface area is 104 Å². The van der Waals surface area contributed by atoms with Crippen LogP contribution < -0.4 is 5.32 Å². The van der Waals surface area contributed by atoms with Crippen molar-refractivity contribution < 1.29 is 4.39 Å². The van der Waals surface area contributed by atoms with E-state index in [1.54, 1.807) is 0 Å². The second-order valence-corrected chi connectivity index (χ2v) is 5.12. The molecule has 96 valence electrons. The van der Waals surface area contributed by atoms with Crippen LogP contribution in [0.1, 0.15) is 51.6 Å². The van der Waals surface area contributed by atoms with Gasteiger partial charge in [-0.1, -0.05) is 38.8 Å². The van der Waals surface area contributed by atoms with Gasteiger partial charge in [-0.2, -0.15) is 0 Å². The quantitative estimate of drug-likeness (QED) is 0.697. The van der Waals surface area contributed by atoms with E-state index in [0.29, 0.717) is 6.04 Å². The maximum atomic E-state index is 12.8. The predicted molar refractivity (Wildman–Crippen MR) is 71.5 cm³/mol. The van der Waals surface area contributed by atoms with Gasteiger partial charge in [0.1, 0.15) is 5.82 Å². The lowest BCUT2D eigenvalue weighted by Gasteiger charge is -2.14. The molecule has 0 aliphatic heterocycles. The van der Waals surface area contributed by atoms with Gasteiger partial charge in [-0.3, -0.25) is 0 Å². The summed E-state index contributed by atoms with van der Waals surface area (Å²) in [6.45, 7) is 7.67. The molecule has 0 aliphatic rings. The molecule has 0 bridgehead atoms. The van der Waals surface area contributed by atoms with E-state index >= 15 is 0 Å². The lowest BCUT2D eigenvalue weighted by Crippen LogP contribution is -2.19. The van der Waals surface area contributed by atoms with Crippen LogP contribution in [0, 0.1) is 11.7 Å². The van der Waals surface area contributed by atoms with Crippen LogP contribution in [-0.2, 0) is 0 Å². The Morgan fingerprint density at radius 3 is 2.29 bits per heavy atom. The molecular weight excluding hydrogens is 213 g/mol. The van der Waals surface area contributed by atoms with Gasteiger partial charge in [-0.25, -0.2) is 4.39 Å². The first kappa shape index (κ1) is 14.2. The van der Waals surface area contributed by atoms with E-state index in [2.05, 4.69) is 26.1 Å². The van der Waals surface area contributed by atoms with Crippen LogP contribution in [0.5, 0.6) is 0 Å². The molecule has 1 atom stereocenters. The van der Waals surface area contributed by atoms with Crippen molar-refractivity contribution in [1.82, 2.24) is 5.32 Å². The van der Waals surface area contributed by atoms with Gasteiger partial charge in [-0.15, -0.1) is 0 Å². The Morgan fingerprint density at radius 2 is 1.71 bits per heavy atom. The first-order chi connectivity index (χ1) is 8.09. The van der Waals surface area contributed by atoms with Gasteiger partial charge < -0.3 is 5.32 Å². The molecule has 17 heavy (non-hydrogen) atoms. The molecule has 0 aromatic heterocycles. The highest BCUT2D eigenvalue weighted by Gasteiger charge is 2.04. The van der Waals surface area contributed by atoms with E-state index < -0.39 is 0 Å². The Bertz CT molecular complexity index is 305. The minimum absolute atomic E-state index is 0.169. The highest BCUT2D eigenvalue weighted by atomic mass is 19.1. The largest absolute Gasteiger partial charge is 0.310 e. The van der Waals surface area contributed by atoms with Gasteiger partial charge in [0.25, 0.3) is 0 Å². The van der Waals surface area contributed by atoms with E-state index in [9.17, 15) is 4.39 Å². The van der Waals surface area contributed by atoms with Crippen LogP contribution in [0.2, 0.25) is 0 Å². The highest BCUT2D eigenvalue weighted by molar-refractivity contribution is 5.19. The highest BCUT2D eigenvalue weighted by Crippen LogP contribution is 2.13. The van der Waals surface area contributed by atoms with Crippen LogP contribution >= 0.6 is 0 Å². The first-order valence-electron chi connectivity index (χ1n) is 6.58. The number of hydrogen-bond donors (Lipinski definition) is 1. The van der Waals surface area contributed by atoms with E-state index in [0.717, 1.165) is 18.0 Å². The Kier molecular flexibility index (Phi) is 6.20. The first-order valence-corrected chi connectivity index (χ1v) is 6.58. The summed E-state index contributed by atoms with van der Waals surface area (Å²) in [7, 11) is 0. The maximum Gasteiger partial charge on any atom is 0.123 e. The molecule has 0 saturated carbocycles. The van der Waals surface area contributed by atoms with Crippen molar-refractivity contribution >= 4 is 0 Å². The average Bonchev–Trinajstić information content (AvgIpc) is 2.29. The number of rotatable bonds is 7. The van der Waals surface area contributed by atoms with Crippen molar-refractivity contribution in [3.05, 3.63) is 35.6 Å². The molecule has 1 unspecified atom stereocenters. The molecule has 0 fully saturated rings. The van der Waals surface area contributed by atoms with Gasteiger partial charge in [0.05, 0.1) is 0 Å². The Morgan fingerprint density at radius 1 is 1.06 bits per heavy atom. The normalized spacial score (nSPS) is 13.0. The summed E-state index contributed by atoms with van der Waals surface area (Å²) in [6.07, 6.45) is 3.79. The third kappa shape index (κ3) is 5.83. The van der Waals surface area contributed by atoms with Gasteiger partial charge in [0.15, 0.2) is 0 Å². The number of nitrogens with one attached hydrogen (secondary N) is 1. The molecule has 2 heteroatoms. The zero-order valence-corrected chi connectivity index (χ0v) is 11.2. The number of hydrogen-bond acceptors (Lipinski definition) is 1. The molecule has 1 aromatic carbocycles. The SMILES string of the molecule is CC(C)CCCCNC(C)c1ccc(F)cc1. The monoisotopic (exact) mass is 237 g/mol. The molecule has 1 N–H and O–H groups in total. The fraction of sp³-hybridized carbons (Fsp3) is 0.600. The molecule has 1 rings (SSSR count). The van der Waals surface area contributed by atoms with E-state index in [1.807, 2.05) is 12.1 Å². The molecular formula is C15H24FN. The molecule has 0 amide bonds. The summed E-state index contributed by atoms with van der Waals surface area (Å²) in [5.41, 5.74) is 1.15. The fourth-order valence-electron chi connectivity index (χ4n) is 1.87. The summed E-state index contributed by atoms with van der Waals surface area (Å²) in [4.78, 5) is 0. The van der Waals surface area contributed by atoms with E-state index in [4.69, 9.17) is 0 Å². The van der Waals surface area contributed by atoms with Gasteiger partial charge in [0.2, 0.25) is 0 Å². The van der Waals surface area contributed by atoms with Gasteiger partial charge in [0, 0.05) is 6.04 Å². The van der Waals surface area contributed by atoms with Crippen LogP contribution in [0.15, 0.2) is 24.3 Å². The smallest absolute Gasteiger partial charge is 0.123 e. The second-order valence-electron chi connectivity index (χ2n) is 5.12. The van der Waals surface area contributed by atoms with Crippen molar-refractivity contribution in [1.29, 1.82) is 0 Å². The second kappa shape index (κ2) is 7.44. The van der Waals surface area contributed by atoms with Crippen molar-refractivity contribution in [2.75, 3.05) is 6.54 Å². The molecule has 0 heterocycles.